The van der Waals surface area contributed by atoms with Crippen molar-refractivity contribution in [1.29, 1.82) is 0 Å². The molecule has 1 aliphatic carbocycles. The van der Waals surface area contributed by atoms with E-state index in [4.69, 9.17) is 4.74 Å². The van der Waals surface area contributed by atoms with Crippen LogP contribution in [0.5, 0.6) is 0 Å². The van der Waals surface area contributed by atoms with Crippen molar-refractivity contribution >= 4 is 34.0 Å². The summed E-state index contributed by atoms with van der Waals surface area (Å²) < 4.78 is 4.92. The molecule has 1 heterocycles. The number of nitrogens with zero attached hydrogens (tertiary/aromatic N) is 1. The van der Waals surface area contributed by atoms with Crippen molar-refractivity contribution in [2.75, 3.05) is 17.2 Å². The molecule has 1 saturated carbocycles. The first-order chi connectivity index (χ1) is 11.2. The Bertz CT molecular complexity index is 708. The van der Waals surface area contributed by atoms with Crippen molar-refractivity contribution in [3.05, 3.63) is 40.9 Å². The predicted octanol–water partition coefficient (Wildman–Crippen LogP) is 3.15. The molecule has 1 aromatic heterocycles. The van der Waals surface area contributed by atoms with Crippen LogP contribution < -0.4 is 10.6 Å². The molecule has 0 saturated heterocycles. The lowest BCUT2D eigenvalue weighted by Crippen LogP contribution is -2.13. The summed E-state index contributed by atoms with van der Waals surface area (Å²) in [5, 5.41) is 8.53. The van der Waals surface area contributed by atoms with E-state index in [1.165, 1.54) is 11.3 Å². The molecule has 0 aliphatic heterocycles. The fraction of sp³-hybridized carbons (Fsp3) is 0.312. The van der Waals surface area contributed by atoms with Gasteiger partial charge in [-0.2, -0.15) is 0 Å². The lowest BCUT2D eigenvalue weighted by Gasteiger charge is -2.05. The van der Waals surface area contributed by atoms with Crippen LogP contribution in [0.25, 0.3) is 0 Å². The maximum Gasteiger partial charge on any atom is 0.338 e. The standard InChI is InChI=1S/C16H17N3O3S/c1-2-22-15(21)10-3-5-11(6-4-10)17-14(20)13-9-23-16(19-13)18-12-7-8-12/h3-6,9,12H,2,7-8H2,1H3,(H,17,20)(H,18,19). The Morgan fingerprint density at radius 2 is 2.04 bits per heavy atom. The van der Waals surface area contributed by atoms with E-state index in [9.17, 15) is 9.59 Å². The molecule has 23 heavy (non-hydrogen) atoms. The third kappa shape index (κ3) is 4.07. The topological polar surface area (TPSA) is 80.3 Å². The van der Waals surface area contributed by atoms with Gasteiger partial charge in [0.1, 0.15) is 5.69 Å². The van der Waals surface area contributed by atoms with Gasteiger partial charge in [0, 0.05) is 17.1 Å². The Kier molecular flexibility index (Phi) is 4.57. The van der Waals surface area contributed by atoms with Crippen LogP contribution in [-0.2, 0) is 4.74 Å². The Hall–Kier alpha value is -2.41. The number of nitrogens with one attached hydrogen (secondary N) is 2. The molecule has 120 valence electrons. The zero-order valence-electron chi connectivity index (χ0n) is 12.7. The van der Waals surface area contributed by atoms with E-state index in [-0.39, 0.29) is 11.9 Å². The van der Waals surface area contributed by atoms with Crippen LogP contribution in [0, 0.1) is 0 Å². The van der Waals surface area contributed by atoms with E-state index in [1.807, 2.05) is 0 Å². The molecule has 1 aliphatic rings. The van der Waals surface area contributed by atoms with Crippen molar-refractivity contribution < 1.29 is 14.3 Å². The second kappa shape index (κ2) is 6.78. The SMILES string of the molecule is CCOC(=O)c1ccc(NC(=O)c2csc(NC3CC3)n2)cc1. The van der Waals surface area contributed by atoms with E-state index < -0.39 is 0 Å². The van der Waals surface area contributed by atoms with Gasteiger partial charge in [0.15, 0.2) is 5.13 Å². The molecule has 1 amide bonds. The minimum Gasteiger partial charge on any atom is -0.462 e. The molecular weight excluding hydrogens is 314 g/mol. The van der Waals surface area contributed by atoms with Crippen LogP contribution in [0.2, 0.25) is 0 Å². The molecule has 0 spiro atoms. The average molecular weight is 331 g/mol. The van der Waals surface area contributed by atoms with Crippen LogP contribution >= 0.6 is 11.3 Å². The minimum absolute atomic E-state index is 0.269. The van der Waals surface area contributed by atoms with E-state index >= 15 is 0 Å². The highest BCUT2D eigenvalue weighted by atomic mass is 32.1. The van der Waals surface area contributed by atoms with Gasteiger partial charge in [0.2, 0.25) is 0 Å². The molecule has 0 radical (unpaired) electrons. The normalized spacial score (nSPS) is 13.4. The second-order valence-corrected chi connectivity index (χ2v) is 6.07. The Labute approximate surface area is 137 Å². The molecule has 0 bridgehead atoms. The maximum atomic E-state index is 12.2. The number of carbonyl (C=O) groups is 2. The van der Waals surface area contributed by atoms with Crippen molar-refractivity contribution in [2.45, 2.75) is 25.8 Å². The molecule has 0 unspecified atom stereocenters. The van der Waals surface area contributed by atoms with Gasteiger partial charge in [-0.3, -0.25) is 4.79 Å². The van der Waals surface area contributed by atoms with Crippen molar-refractivity contribution in [1.82, 2.24) is 4.98 Å². The Morgan fingerprint density at radius 1 is 1.30 bits per heavy atom. The van der Waals surface area contributed by atoms with E-state index in [0.29, 0.717) is 29.6 Å². The van der Waals surface area contributed by atoms with Crippen LogP contribution in [0.4, 0.5) is 10.8 Å². The number of amides is 1. The summed E-state index contributed by atoms with van der Waals surface area (Å²) in [6.07, 6.45) is 2.32. The number of rotatable bonds is 6. The molecule has 1 fully saturated rings. The van der Waals surface area contributed by atoms with Gasteiger partial charge < -0.3 is 15.4 Å². The first kappa shape index (κ1) is 15.5. The number of thiazole rings is 1. The quantitative estimate of drug-likeness (QED) is 0.795. The van der Waals surface area contributed by atoms with Crippen LogP contribution in [0.1, 0.15) is 40.6 Å². The molecule has 0 atom stereocenters. The molecule has 2 N–H and O–H groups in total. The van der Waals surface area contributed by atoms with Gasteiger partial charge in [-0.05, 0) is 44.0 Å². The summed E-state index contributed by atoms with van der Waals surface area (Å²) in [4.78, 5) is 28.0. The molecule has 1 aromatic carbocycles. The van der Waals surface area contributed by atoms with Gasteiger partial charge in [-0.25, -0.2) is 9.78 Å². The first-order valence-corrected chi connectivity index (χ1v) is 8.34. The Balaban J connectivity index is 1.60. The lowest BCUT2D eigenvalue weighted by atomic mass is 10.2. The summed E-state index contributed by atoms with van der Waals surface area (Å²) >= 11 is 1.42. The van der Waals surface area contributed by atoms with Gasteiger partial charge in [-0.15, -0.1) is 11.3 Å². The lowest BCUT2D eigenvalue weighted by molar-refractivity contribution is 0.0526. The molecular formula is C16H17N3O3S. The van der Waals surface area contributed by atoms with Crippen molar-refractivity contribution in [3.8, 4) is 0 Å². The molecule has 7 heteroatoms. The van der Waals surface area contributed by atoms with E-state index in [1.54, 1.807) is 36.6 Å². The molecule has 2 aromatic rings. The van der Waals surface area contributed by atoms with Crippen LogP contribution in [0.15, 0.2) is 29.6 Å². The zero-order chi connectivity index (χ0) is 16.2. The van der Waals surface area contributed by atoms with Gasteiger partial charge >= 0.3 is 5.97 Å². The largest absolute Gasteiger partial charge is 0.462 e. The summed E-state index contributed by atoms with van der Waals surface area (Å²) in [6, 6.07) is 7.08. The van der Waals surface area contributed by atoms with E-state index in [0.717, 1.165) is 18.0 Å². The second-order valence-electron chi connectivity index (χ2n) is 5.21. The van der Waals surface area contributed by atoms with E-state index in [2.05, 4.69) is 15.6 Å². The number of carbonyl (C=O) groups excluding carboxylic acids is 2. The minimum atomic E-state index is -0.374. The van der Waals surface area contributed by atoms with Gasteiger partial charge in [0.05, 0.1) is 12.2 Å². The molecule has 6 nitrogen and oxygen atoms in total. The zero-order valence-corrected chi connectivity index (χ0v) is 13.5. The smallest absolute Gasteiger partial charge is 0.338 e. The number of hydrogen-bond acceptors (Lipinski definition) is 6. The fourth-order valence-corrected chi connectivity index (χ4v) is 2.71. The summed E-state index contributed by atoms with van der Waals surface area (Å²) in [5.74, 6) is -0.644. The summed E-state index contributed by atoms with van der Waals surface area (Å²) in [5.41, 5.74) is 1.44. The number of aromatic nitrogens is 1. The third-order valence-electron chi connectivity index (χ3n) is 3.30. The number of ether oxygens (including phenoxy) is 1. The highest BCUT2D eigenvalue weighted by Crippen LogP contribution is 2.26. The number of anilines is 2. The summed E-state index contributed by atoms with van der Waals surface area (Å²) in [7, 11) is 0. The van der Waals surface area contributed by atoms with Crippen molar-refractivity contribution in [2.24, 2.45) is 0 Å². The maximum absolute atomic E-state index is 12.2. The van der Waals surface area contributed by atoms with Crippen LogP contribution in [-0.4, -0.2) is 29.5 Å². The number of benzene rings is 1. The number of hydrogen-bond donors (Lipinski definition) is 2. The van der Waals surface area contributed by atoms with Gasteiger partial charge in [-0.1, -0.05) is 0 Å². The predicted molar refractivity (Wildman–Crippen MR) is 89.1 cm³/mol. The monoisotopic (exact) mass is 331 g/mol. The fourth-order valence-electron chi connectivity index (χ4n) is 1.95. The van der Waals surface area contributed by atoms with Gasteiger partial charge in [0.25, 0.3) is 5.91 Å². The summed E-state index contributed by atoms with van der Waals surface area (Å²) in [6.45, 7) is 2.09. The highest BCUT2D eigenvalue weighted by Gasteiger charge is 2.22. The van der Waals surface area contributed by atoms with Crippen molar-refractivity contribution in [3.63, 3.8) is 0 Å². The number of esters is 1. The molecule has 3 rings (SSSR count). The average Bonchev–Trinajstić information content (AvgIpc) is 3.23. The Morgan fingerprint density at radius 3 is 2.70 bits per heavy atom. The first-order valence-electron chi connectivity index (χ1n) is 7.46. The van der Waals surface area contributed by atoms with Crippen LogP contribution in [0.3, 0.4) is 0 Å². The third-order valence-corrected chi connectivity index (χ3v) is 4.07. The highest BCUT2D eigenvalue weighted by molar-refractivity contribution is 7.13.